The van der Waals surface area contributed by atoms with Crippen molar-refractivity contribution in [1.82, 2.24) is 10.2 Å². The predicted molar refractivity (Wildman–Crippen MR) is 62.5 cm³/mol. The Morgan fingerprint density at radius 1 is 1.31 bits per heavy atom. The number of nitrogens with two attached hydrogens (primary N) is 1. The summed E-state index contributed by atoms with van der Waals surface area (Å²) in [6.07, 6.45) is 1.61. The highest BCUT2D eigenvalue weighted by molar-refractivity contribution is 5.73. The smallest absolute Gasteiger partial charge is 0.126 e. The molecule has 2 rings (SSSR count). The maximum Gasteiger partial charge on any atom is 0.126 e. The molecule has 0 spiro atoms. The lowest BCUT2D eigenvalue weighted by Crippen LogP contribution is -1.92. The fourth-order valence-electron chi connectivity index (χ4n) is 1.63. The topological polar surface area (TPSA) is 54.7 Å². The lowest BCUT2D eigenvalue weighted by molar-refractivity contribution is 0.624. The molecule has 16 heavy (non-hydrogen) atoms. The molecule has 0 amide bonds. The van der Waals surface area contributed by atoms with Gasteiger partial charge in [-0.25, -0.2) is 4.39 Å². The van der Waals surface area contributed by atoms with Gasteiger partial charge in [-0.05, 0) is 29.2 Å². The minimum Gasteiger partial charge on any atom is -0.384 e. The Bertz CT molecular complexity index is 503. The first-order valence-corrected chi connectivity index (χ1v) is 5.17. The van der Waals surface area contributed by atoms with Gasteiger partial charge in [0.2, 0.25) is 0 Å². The third-order valence-electron chi connectivity index (χ3n) is 2.57. The summed E-state index contributed by atoms with van der Waals surface area (Å²) in [6, 6.07) is 4.95. The summed E-state index contributed by atoms with van der Waals surface area (Å²) in [5.41, 5.74) is 8.16. The number of rotatable bonds is 2. The molecule has 3 N–H and O–H groups in total. The van der Waals surface area contributed by atoms with E-state index >= 15 is 0 Å². The molecule has 0 bridgehead atoms. The van der Waals surface area contributed by atoms with E-state index in [1.54, 1.807) is 12.3 Å². The van der Waals surface area contributed by atoms with Crippen LogP contribution < -0.4 is 5.73 Å². The average Bonchev–Trinajstić information content (AvgIpc) is 2.63. The minimum atomic E-state index is -0.248. The summed E-state index contributed by atoms with van der Waals surface area (Å²) in [7, 11) is 0. The van der Waals surface area contributed by atoms with E-state index in [1.165, 1.54) is 6.07 Å². The third-order valence-corrected chi connectivity index (χ3v) is 2.57. The number of hydrogen-bond acceptors (Lipinski definition) is 2. The van der Waals surface area contributed by atoms with Crippen LogP contribution in [0.5, 0.6) is 0 Å². The van der Waals surface area contributed by atoms with Gasteiger partial charge in [0.15, 0.2) is 0 Å². The number of nitrogen functional groups attached to an aromatic ring is 1. The van der Waals surface area contributed by atoms with Crippen LogP contribution in [0, 0.1) is 5.82 Å². The zero-order valence-corrected chi connectivity index (χ0v) is 9.29. The second-order valence-corrected chi connectivity index (χ2v) is 4.13. The highest BCUT2D eigenvalue weighted by atomic mass is 19.1. The predicted octanol–water partition coefficient (Wildman–Crippen LogP) is 2.92. The first-order chi connectivity index (χ1) is 7.58. The zero-order valence-electron chi connectivity index (χ0n) is 9.29. The summed E-state index contributed by atoms with van der Waals surface area (Å²) in [6.45, 7) is 4.05. The number of nitrogens with one attached hydrogen (secondary N) is 1. The second kappa shape index (κ2) is 3.96. The van der Waals surface area contributed by atoms with E-state index in [-0.39, 0.29) is 11.7 Å². The van der Waals surface area contributed by atoms with Crippen LogP contribution in [0.15, 0.2) is 24.4 Å². The zero-order chi connectivity index (χ0) is 11.7. The van der Waals surface area contributed by atoms with Crippen molar-refractivity contribution in [3.8, 4) is 11.1 Å². The molecule has 0 fully saturated rings. The van der Waals surface area contributed by atoms with Gasteiger partial charge in [-0.3, -0.25) is 5.10 Å². The standard InChI is InChI=1S/C12H14FN3/c1-7(2)8-3-9(5-10(13)4-8)11-6-15-16-12(11)14/h3-7H,1-2H3,(H3,14,15,16). The SMILES string of the molecule is CC(C)c1cc(F)cc(-c2cn[nH]c2N)c1. The molecule has 1 heterocycles. The van der Waals surface area contributed by atoms with Gasteiger partial charge in [-0.15, -0.1) is 0 Å². The largest absolute Gasteiger partial charge is 0.384 e. The first kappa shape index (κ1) is 10.7. The number of benzene rings is 1. The van der Waals surface area contributed by atoms with E-state index < -0.39 is 0 Å². The summed E-state index contributed by atoms with van der Waals surface area (Å²) in [4.78, 5) is 0. The molecule has 84 valence electrons. The number of anilines is 1. The van der Waals surface area contributed by atoms with Crippen molar-refractivity contribution in [3.05, 3.63) is 35.8 Å². The van der Waals surface area contributed by atoms with Crippen molar-refractivity contribution in [1.29, 1.82) is 0 Å². The lowest BCUT2D eigenvalue weighted by atomic mass is 9.98. The second-order valence-electron chi connectivity index (χ2n) is 4.13. The van der Waals surface area contributed by atoms with Crippen LogP contribution in [0.3, 0.4) is 0 Å². The minimum absolute atomic E-state index is 0.248. The van der Waals surface area contributed by atoms with Crippen LogP contribution in [-0.4, -0.2) is 10.2 Å². The Morgan fingerprint density at radius 3 is 2.62 bits per heavy atom. The summed E-state index contributed by atoms with van der Waals surface area (Å²) < 4.78 is 13.4. The average molecular weight is 219 g/mol. The van der Waals surface area contributed by atoms with Crippen molar-refractivity contribution in [3.63, 3.8) is 0 Å². The molecule has 4 heteroatoms. The van der Waals surface area contributed by atoms with Crippen LogP contribution in [0.2, 0.25) is 0 Å². The number of aromatic amines is 1. The van der Waals surface area contributed by atoms with Crippen molar-refractivity contribution in [2.75, 3.05) is 5.73 Å². The van der Waals surface area contributed by atoms with Gasteiger partial charge in [-0.2, -0.15) is 5.10 Å². The highest BCUT2D eigenvalue weighted by Gasteiger charge is 2.09. The molecular weight excluding hydrogens is 205 g/mol. The Hall–Kier alpha value is -1.84. The van der Waals surface area contributed by atoms with Gasteiger partial charge >= 0.3 is 0 Å². The van der Waals surface area contributed by atoms with Crippen LogP contribution in [-0.2, 0) is 0 Å². The molecule has 0 aliphatic rings. The first-order valence-electron chi connectivity index (χ1n) is 5.17. The highest BCUT2D eigenvalue weighted by Crippen LogP contribution is 2.28. The Kier molecular flexibility index (Phi) is 2.64. The van der Waals surface area contributed by atoms with E-state index in [2.05, 4.69) is 10.2 Å². The summed E-state index contributed by atoms with van der Waals surface area (Å²) >= 11 is 0. The third kappa shape index (κ3) is 1.91. The van der Waals surface area contributed by atoms with Crippen molar-refractivity contribution in [2.45, 2.75) is 19.8 Å². The molecule has 1 aromatic carbocycles. The maximum atomic E-state index is 13.4. The van der Waals surface area contributed by atoms with Crippen molar-refractivity contribution >= 4 is 5.82 Å². The van der Waals surface area contributed by atoms with Gasteiger partial charge in [0, 0.05) is 5.56 Å². The summed E-state index contributed by atoms with van der Waals surface area (Å²) in [5.74, 6) is 0.490. The van der Waals surface area contributed by atoms with Gasteiger partial charge in [0.1, 0.15) is 11.6 Å². The van der Waals surface area contributed by atoms with Crippen molar-refractivity contribution < 1.29 is 4.39 Å². The summed E-state index contributed by atoms with van der Waals surface area (Å²) in [5, 5.41) is 6.47. The molecular formula is C12H14FN3. The molecule has 0 saturated heterocycles. The quantitative estimate of drug-likeness (QED) is 0.815. The molecule has 0 atom stereocenters. The molecule has 2 aromatic rings. The van der Waals surface area contributed by atoms with Crippen LogP contribution >= 0.6 is 0 Å². The van der Waals surface area contributed by atoms with E-state index in [4.69, 9.17) is 5.73 Å². The van der Waals surface area contributed by atoms with Gasteiger partial charge in [0.25, 0.3) is 0 Å². The van der Waals surface area contributed by atoms with Crippen molar-refractivity contribution in [2.24, 2.45) is 0 Å². The normalized spacial score (nSPS) is 11.0. The number of nitrogens with zero attached hydrogens (tertiary/aromatic N) is 1. The van der Waals surface area contributed by atoms with Gasteiger partial charge in [0.05, 0.1) is 6.20 Å². The van der Waals surface area contributed by atoms with Gasteiger partial charge in [-0.1, -0.05) is 19.9 Å². The van der Waals surface area contributed by atoms with Crippen LogP contribution in [0.25, 0.3) is 11.1 Å². The number of H-pyrrole nitrogens is 1. The van der Waals surface area contributed by atoms with Crippen LogP contribution in [0.1, 0.15) is 25.3 Å². The maximum absolute atomic E-state index is 13.4. The van der Waals surface area contributed by atoms with Gasteiger partial charge < -0.3 is 5.73 Å². The van der Waals surface area contributed by atoms with E-state index in [9.17, 15) is 4.39 Å². The number of aromatic nitrogens is 2. The fraction of sp³-hybridized carbons (Fsp3) is 0.250. The van der Waals surface area contributed by atoms with Crippen LogP contribution in [0.4, 0.5) is 10.2 Å². The fourth-order valence-corrected chi connectivity index (χ4v) is 1.63. The van der Waals surface area contributed by atoms with E-state index in [0.717, 1.165) is 16.7 Å². The molecule has 0 radical (unpaired) electrons. The monoisotopic (exact) mass is 219 g/mol. The Balaban J connectivity index is 2.54. The Labute approximate surface area is 93.5 Å². The molecule has 0 aliphatic heterocycles. The molecule has 0 unspecified atom stereocenters. The Morgan fingerprint density at radius 2 is 2.06 bits per heavy atom. The van der Waals surface area contributed by atoms with E-state index in [1.807, 2.05) is 19.9 Å². The van der Waals surface area contributed by atoms with E-state index in [0.29, 0.717) is 5.82 Å². The molecule has 1 aromatic heterocycles. The number of halogens is 1. The molecule has 0 aliphatic carbocycles. The molecule has 0 saturated carbocycles. The number of hydrogen-bond donors (Lipinski definition) is 2. The lowest BCUT2D eigenvalue weighted by Gasteiger charge is -2.08. The molecule has 3 nitrogen and oxygen atoms in total.